The molecule has 0 aliphatic carbocycles. The Morgan fingerprint density at radius 2 is 1.78 bits per heavy atom. The van der Waals surface area contributed by atoms with Gasteiger partial charge in [-0.25, -0.2) is 14.2 Å². The SMILES string of the molecule is CC(=O)Nc1ccc(N(Cc2ccc(F)cc2)[C@@H]2OC(C(=O)O)[C@H](O)C(O)C2O)nc1N. The maximum Gasteiger partial charge on any atom is 0.335 e. The van der Waals surface area contributed by atoms with E-state index in [-0.39, 0.29) is 29.8 Å². The van der Waals surface area contributed by atoms with Gasteiger partial charge in [0.25, 0.3) is 0 Å². The topological polar surface area (TPSA) is 178 Å². The molecule has 1 aliphatic rings. The maximum atomic E-state index is 13.3. The third kappa shape index (κ3) is 4.94. The molecule has 172 valence electrons. The molecule has 0 radical (unpaired) electrons. The highest BCUT2D eigenvalue weighted by Crippen LogP contribution is 2.30. The molecule has 3 rings (SSSR count). The van der Waals surface area contributed by atoms with Crippen LogP contribution in [0.5, 0.6) is 0 Å². The van der Waals surface area contributed by atoms with Crippen molar-refractivity contribution in [1.29, 1.82) is 0 Å². The number of carboxylic acid groups (broad SMARTS) is 1. The number of nitrogens with one attached hydrogen (secondary N) is 1. The number of amides is 1. The van der Waals surface area contributed by atoms with Gasteiger partial charge in [-0.05, 0) is 29.8 Å². The Hall–Kier alpha value is -3.32. The minimum absolute atomic E-state index is 0.0525. The average molecular weight is 450 g/mol. The summed E-state index contributed by atoms with van der Waals surface area (Å²) in [6.07, 6.45) is -8.71. The summed E-state index contributed by atoms with van der Waals surface area (Å²) in [4.78, 5) is 28.3. The molecular weight excluding hydrogens is 427 g/mol. The first kappa shape index (κ1) is 23.3. The molecule has 1 aliphatic heterocycles. The number of benzene rings is 1. The van der Waals surface area contributed by atoms with Crippen LogP contribution in [0.15, 0.2) is 36.4 Å². The summed E-state index contributed by atoms with van der Waals surface area (Å²) in [7, 11) is 0. The van der Waals surface area contributed by atoms with E-state index in [0.717, 1.165) is 0 Å². The van der Waals surface area contributed by atoms with Gasteiger partial charge in [-0.1, -0.05) is 12.1 Å². The number of nitrogens with two attached hydrogens (primary N) is 1. The molecule has 1 fully saturated rings. The lowest BCUT2D eigenvalue weighted by Gasteiger charge is -2.44. The fraction of sp³-hybridized carbons (Fsp3) is 0.350. The van der Waals surface area contributed by atoms with Crippen molar-refractivity contribution in [3.63, 3.8) is 0 Å². The first-order valence-electron chi connectivity index (χ1n) is 9.56. The van der Waals surface area contributed by atoms with Gasteiger partial charge in [0, 0.05) is 13.5 Å². The zero-order valence-corrected chi connectivity index (χ0v) is 16.9. The minimum Gasteiger partial charge on any atom is -0.479 e. The number of hydrogen-bond acceptors (Lipinski definition) is 9. The molecule has 1 saturated heterocycles. The molecule has 2 aromatic rings. The standard InChI is InChI=1S/C20H23FN4O7/c1-9(26)23-12-6-7-13(24-18(12)22)25(8-10-2-4-11(21)5-3-10)19-16(29)14(27)15(28)17(32-19)20(30)31/h2-7,14-17,19,27-29H,8H2,1H3,(H2,22,24)(H,23,26)(H,30,31)/t14?,15-,16?,17?,19-/m1/s1. The number of aliphatic hydroxyl groups is 3. The van der Waals surface area contributed by atoms with Crippen LogP contribution in [-0.4, -0.2) is 67.9 Å². The molecule has 1 amide bonds. The lowest BCUT2D eigenvalue weighted by atomic mass is 9.97. The Kier molecular flexibility index (Phi) is 6.89. The van der Waals surface area contributed by atoms with Gasteiger partial charge in [0.1, 0.15) is 35.8 Å². The average Bonchev–Trinajstić information content (AvgIpc) is 2.73. The number of halogens is 1. The van der Waals surface area contributed by atoms with Crippen molar-refractivity contribution in [2.24, 2.45) is 0 Å². The van der Waals surface area contributed by atoms with Crippen LogP contribution >= 0.6 is 0 Å². The molecule has 7 N–H and O–H groups in total. The van der Waals surface area contributed by atoms with Gasteiger partial charge < -0.3 is 41.1 Å². The van der Waals surface area contributed by atoms with Gasteiger partial charge in [-0.3, -0.25) is 4.79 Å². The fourth-order valence-electron chi connectivity index (χ4n) is 3.33. The number of carbonyl (C=O) groups is 2. The number of anilines is 3. The number of rotatable bonds is 6. The molecule has 12 heteroatoms. The number of hydrogen-bond donors (Lipinski definition) is 6. The van der Waals surface area contributed by atoms with Crippen molar-refractivity contribution in [1.82, 2.24) is 4.98 Å². The molecule has 0 spiro atoms. The van der Waals surface area contributed by atoms with Gasteiger partial charge in [0.2, 0.25) is 5.91 Å². The van der Waals surface area contributed by atoms with Crippen LogP contribution in [0, 0.1) is 5.82 Å². The fourth-order valence-corrected chi connectivity index (χ4v) is 3.33. The van der Waals surface area contributed by atoms with Crippen molar-refractivity contribution >= 4 is 29.2 Å². The minimum atomic E-state index is -1.87. The molecule has 1 aromatic carbocycles. The summed E-state index contributed by atoms with van der Waals surface area (Å²) in [5.74, 6) is -2.34. The van der Waals surface area contributed by atoms with E-state index < -0.39 is 42.4 Å². The normalized spacial score (nSPS) is 25.2. The van der Waals surface area contributed by atoms with Crippen LogP contribution in [-0.2, 0) is 20.9 Å². The van der Waals surface area contributed by atoms with Crippen molar-refractivity contribution in [2.75, 3.05) is 16.0 Å². The number of carbonyl (C=O) groups excluding carboxylic acids is 1. The molecule has 11 nitrogen and oxygen atoms in total. The van der Waals surface area contributed by atoms with Crippen LogP contribution < -0.4 is 16.0 Å². The zero-order chi connectivity index (χ0) is 23.6. The van der Waals surface area contributed by atoms with Crippen molar-refractivity contribution in [2.45, 2.75) is 44.1 Å². The van der Waals surface area contributed by atoms with Gasteiger partial charge in [-0.2, -0.15) is 0 Å². The summed E-state index contributed by atoms with van der Waals surface area (Å²) in [6, 6.07) is 8.25. The van der Waals surface area contributed by atoms with Crippen LogP contribution in [0.1, 0.15) is 12.5 Å². The summed E-state index contributed by atoms with van der Waals surface area (Å²) < 4.78 is 18.8. The second-order valence-electron chi connectivity index (χ2n) is 7.30. The van der Waals surface area contributed by atoms with Crippen LogP contribution in [0.3, 0.4) is 0 Å². The van der Waals surface area contributed by atoms with Gasteiger partial charge in [0.15, 0.2) is 12.3 Å². The molecule has 0 saturated carbocycles. The Morgan fingerprint density at radius 1 is 1.12 bits per heavy atom. The third-order valence-corrected chi connectivity index (χ3v) is 4.92. The van der Waals surface area contributed by atoms with Gasteiger partial charge in [0.05, 0.1) is 5.69 Å². The number of aliphatic carboxylic acids is 1. The summed E-state index contributed by atoms with van der Waals surface area (Å²) in [5.41, 5.74) is 6.69. The van der Waals surface area contributed by atoms with Crippen LogP contribution in [0.4, 0.5) is 21.7 Å². The predicted molar refractivity (Wildman–Crippen MR) is 110 cm³/mol. The number of carboxylic acids is 1. The van der Waals surface area contributed by atoms with E-state index in [2.05, 4.69) is 10.3 Å². The number of nitrogens with zero attached hydrogens (tertiary/aromatic N) is 2. The Labute approximate surface area is 181 Å². The predicted octanol–water partition coefficient (Wildman–Crippen LogP) is -0.340. The monoisotopic (exact) mass is 450 g/mol. The molecule has 2 heterocycles. The largest absolute Gasteiger partial charge is 0.479 e. The highest BCUT2D eigenvalue weighted by atomic mass is 19.1. The molecule has 5 atom stereocenters. The lowest BCUT2D eigenvalue weighted by Crippen LogP contribution is -2.64. The van der Waals surface area contributed by atoms with E-state index in [1.165, 1.54) is 48.2 Å². The number of aromatic nitrogens is 1. The lowest BCUT2D eigenvalue weighted by molar-refractivity contribution is -0.227. The van der Waals surface area contributed by atoms with E-state index in [0.29, 0.717) is 5.56 Å². The van der Waals surface area contributed by atoms with E-state index >= 15 is 0 Å². The number of aliphatic hydroxyl groups excluding tert-OH is 3. The summed E-state index contributed by atoms with van der Waals surface area (Å²) >= 11 is 0. The molecule has 0 bridgehead atoms. The molecular formula is C20H23FN4O7. The van der Waals surface area contributed by atoms with Crippen LogP contribution in [0.2, 0.25) is 0 Å². The Bertz CT molecular complexity index is 990. The smallest absolute Gasteiger partial charge is 0.335 e. The van der Waals surface area contributed by atoms with Crippen molar-refractivity contribution in [3.05, 3.63) is 47.8 Å². The van der Waals surface area contributed by atoms with E-state index in [1.54, 1.807) is 0 Å². The summed E-state index contributed by atoms with van der Waals surface area (Å²) in [6.45, 7) is 1.24. The Morgan fingerprint density at radius 3 is 2.34 bits per heavy atom. The first-order valence-corrected chi connectivity index (χ1v) is 9.56. The van der Waals surface area contributed by atoms with Crippen LogP contribution in [0.25, 0.3) is 0 Å². The van der Waals surface area contributed by atoms with E-state index in [4.69, 9.17) is 10.5 Å². The zero-order valence-electron chi connectivity index (χ0n) is 16.9. The molecule has 32 heavy (non-hydrogen) atoms. The van der Waals surface area contributed by atoms with E-state index in [1.807, 2.05) is 0 Å². The third-order valence-electron chi connectivity index (χ3n) is 4.92. The number of ether oxygens (including phenoxy) is 1. The van der Waals surface area contributed by atoms with E-state index in [9.17, 15) is 34.4 Å². The van der Waals surface area contributed by atoms with Crippen molar-refractivity contribution in [3.8, 4) is 0 Å². The second kappa shape index (κ2) is 9.44. The summed E-state index contributed by atoms with van der Waals surface area (Å²) in [5, 5.41) is 42.6. The van der Waals surface area contributed by atoms with Gasteiger partial charge in [-0.15, -0.1) is 0 Å². The number of pyridine rings is 1. The van der Waals surface area contributed by atoms with Gasteiger partial charge >= 0.3 is 5.97 Å². The second-order valence-corrected chi connectivity index (χ2v) is 7.30. The Balaban J connectivity index is 2.02. The maximum absolute atomic E-state index is 13.3. The first-order chi connectivity index (χ1) is 15.1. The molecule has 3 unspecified atom stereocenters. The highest BCUT2D eigenvalue weighted by Gasteiger charge is 2.49. The number of nitrogen functional groups attached to an aromatic ring is 1. The quantitative estimate of drug-likeness (QED) is 0.341. The molecule has 1 aromatic heterocycles. The van der Waals surface area contributed by atoms with Crippen molar-refractivity contribution < 1.29 is 39.1 Å². The highest BCUT2D eigenvalue weighted by molar-refractivity contribution is 5.91.